The van der Waals surface area contributed by atoms with E-state index in [-0.39, 0.29) is 0 Å². The van der Waals surface area contributed by atoms with E-state index in [0.29, 0.717) is 5.95 Å². The lowest BCUT2D eigenvalue weighted by molar-refractivity contribution is 0.847. The standard InChI is InChI=1S/C17H23N3/c1-5-7-16-14(6-2)11-18-17(20-16)19-15-9-12(3)8-13(4)10-15/h8-11H,5-7H2,1-4H3,(H,18,19,20). The van der Waals surface area contributed by atoms with Gasteiger partial charge in [0.15, 0.2) is 0 Å². The second-order valence-corrected chi connectivity index (χ2v) is 5.27. The fourth-order valence-corrected chi connectivity index (χ4v) is 2.43. The molecular formula is C17H23N3. The molecule has 106 valence electrons. The Morgan fingerprint density at radius 3 is 2.35 bits per heavy atom. The van der Waals surface area contributed by atoms with Crippen molar-refractivity contribution in [2.45, 2.75) is 47.0 Å². The molecule has 3 nitrogen and oxygen atoms in total. The largest absolute Gasteiger partial charge is 0.324 e. The Labute approximate surface area is 121 Å². The van der Waals surface area contributed by atoms with E-state index in [9.17, 15) is 0 Å². The maximum Gasteiger partial charge on any atom is 0.227 e. The van der Waals surface area contributed by atoms with Gasteiger partial charge in [-0.1, -0.05) is 26.3 Å². The van der Waals surface area contributed by atoms with Crippen LogP contribution < -0.4 is 5.32 Å². The summed E-state index contributed by atoms with van der Waals surface area (Å²) >= 11 is 0. The molecule has 0 saturated carbocycles. The van der Waals surface area contributed by atoms with Gasteiger partial charge in [0.2, 0.25) is 5.95 Å². The maximum atomic E-state index is 4.67. The predicted octanol–water partition coefficient (Wildman–Crippen LogP) is 4.35. The molecule has 2 aromatic rings. The quantitative estimate of drug-likeness (QED) is 0.876. The smallest absolute Gasteiger partial charge is 0.227 e. The minimum atomic E-state index is 0.690. The molecule has 0 saturated heterocycles. The summed E-state index contributed by atoms with van der Waals surface area (Å²) in [4.78, 5) is 9.09. The minimum Gasteiger partial charge on any atom is -0.324 e. The zero-order chi connectivity index (χ0) is 14.5. The van der Waals surface area contributed by atoms with Gasteiger partial charge in [-0.25, -0.2) is 9.97 Å². The first-order valence-corrected chi connectivity index (χ1v) is 7.32. The van der Waals surface area contributed by atoms with Crippen molar-refractivity contribution in [3.8, 4) is 0 Å². The summed E-state index contributed by atoms with van der Waals surface area (Å²) < 4.78 is 0. The number of anilines is 2. The molecule has 0 aliphatic heterocycles. The van der Waals surface area contributed by atoms with Crippen molar-refractivity contribution in [3.63, 3.8) is 0 Å². The molecule has 1 aromatic carbocycles. The molecule has 1 heterocycles. The van der Waals surface area contributed by atoms with Gasteiger partial charge in [-0.15, -0.1) is 0 Å². The molecule has 0 atom stereocenters. The van der Waals surface area contributed by atoms with Crippen LogP contribution in [0.3, 0.4) is 0 Å². The van der Waals surface area contributed by atoms with Crippen LogP contribution in [0.5, 0.6) is 0 Å². The number of benzene rings is 1. The van der Waals surface area contributed by atoms with Crippen LogP contribution in [0.15, 0.2) is 24.4 Å². The molecule has 3 heteroatoms. The third-order valence-corrected chi connectivity index (χ3v) is 3.30. The van der Waals surface area contributed by atoms with E-state index in [2.05, 4.69) is 61.2 Å². The van der Waals surface area contributed by atoms with Crippen molar-refractivity contribution in [1.82, 2.24) is 9.97 Å². The average Bonchev–Trinajstić information content (AvgIpc) is 2.38. The fraction of sp³-hybridized carbons (Fsp3) is 0.412. The van der Waals surface area contributed by atoms with Crippen LogP contribution >= 0.6 is 0 Å². The second-order valence-electron chi connectivity index (χ2n) is 5.27. The van der Waals surface area contributed by atoms with Crippen molar-refractivity contribution in [1.29, 1.82) is 0 Å². The Morgan fingerprint density at radius 1 is 1.05 bits per heavy atom. The van der Waals surface area contributed by atoms with E-state index in [1.54, 1.807) is 0 Å². The first-order chi connectivity index (χ1) is 9.62. The van der Waals surface area contributed by atoms with Crippen LogP contribution in [0, 0.1) is 13.8 Å². The van der Waals surface area contributed by atoms with Gasteiger partial charge in [0.25, 0.3) is 0 Å². The highest BCUT2D eigenvalue weighted by atomic mass is 15.1. The summed E-state index contributed by atoms with van der Waals surface area (Å²) in [6.45, 7) is 8.52. The monoisotopic (exact) mass is 269 g/mol. The number of rotatable bonds is 5. The third-order valence-electron chi connectivity index (χ3n) is 3.30. The lowest BCUT2D eigenvalue weighted by atomic mass is 10.1. The van der Waals surface area contributed by atoms with Crippen molar-refractivity contribution < 1.29 is 0 Å². The zero-order valence-corrected chi connectivity index (χ0v) is 12.8. The van der Waals surface area contributed by atoms with Gasteiger partial charge in [0, 0.05) is 17.6 Å². The van der Waals surface area contributed by atoms with Crippen molar-refractivity contribution >= 4 is 11.6 Å². The first kappa shape index (κ1) is 14.5. The Balaban J connectivity index is 2.26. The normalized spacial score (nSPS) is 10.6. The fourth-order valence-electron chi connectivity index (χ4n) is 2.43. The molecule has 0 spiro atoms. The number of hydrogen-bond donors (Lipinski definition) is 1. The molecule has 0 unspecified atom stereocenters. The molecule has 0 bridgehead atoms. The molecule has 0 aliphatic rings. The van der Waals surface area contributed by atoms with Gasteiger partial charge in [-0.05, 0) is 55.5 Å². The summed E-state index contributed by atoms with van der Waals surface area (Å²) in [5.74, 6) is 0.690. The first-order valence-electron chi connectivity index (χ1n) is 7.32. The number of nitrogens with zero attached hydrogens (tertiary/aromatic N) is 2. The van der Waals surface area contributed by atoms with Gasteiger partial charge >= 0.3 is 0 Å². The van der Waals surface area contributed by atoms with E-state index in [1.807, 2.05) is 6.20 Å². The maximum absolute atomic E-state index is 4.67. The Morgan fingerprint density at radius 2 is 1.75 bits per heavy atom. The van der Waals surface area contributed by atoms with Crippen LogP contribution in [0.1, 0.15) is 42.7 Å². The van der Waals surface area contributed by atoms with Crippen molar-refractivity contribution in [2.75, 3.05) is 5.32 Å². The van der Waals surface area contributed by atoms with E-state index < -0.39 is 0 Å². The van der Waals surface area contributed by atoms with Gasteiger partial charge in [-0.3, -0.25) is 0 Å². The molecule has 2 rings (SSSR count). The number of aromatic nitrogens is 2. The molecule has 0 aliphatic carbocycles. The van der Waals surface area contributed by atoms with Gasteiger partial charge in [0.05, 0.1) is 0 Å². The van der Waals surface area contributed by atoms with Crippen LogP contribution in [0.2, 0.25) is 0 Å². The zero-order valence-electron chi connectivity index (χ0n) is 12.8. The van der Waals surface area contributed by atoms with Crippen LogP contribution in [0.25, 0.3) is 0 Å². The molecule has 0 radical (unpaired) electrons. The van der Waals surface area contributed by atoms with Crippen molar-refractivity contribution in [2.24, 2.45) is 0 Å². The van der Waals surface area contributed by atoms with Gasteiger partial charge in [0.1, 0.15) is 0 Å². The van der Waals surface area contributed by atoms with Crippen LogP contribution in [-0.4, -0.2) is 9.97 Å². The highest BCUT2D eigenvalue weighted by molar-refractivity contribution is 5.56. The summed E-state index contributed by atoms with van der Waals surface area (Å²) in [6, 6.07) is 6.39. The predicted molar refractivity (Wildman–Crippen MR) is 84.6 cm³/mol. The van der Waals surface area contributed by atoms with Gasteiger partial charge < -0.3 is 5.32 Å². The SMILES string of the molecule is CCCc1nc(Nc2cc(C)cc(C)c2)ncc1CC. The van der Waals surface area contributed by atoms with Crippen molar-refractivity contribution in [3.05, 3.63) is 46.8 Å². The van der Waals surface area contributed by atoms with E-state index >= 15 is 0 Å². The van der Waals surface area contributed by atoms with Crippen LogP contribution in [0.4, 0.5) is 11.6 Å². The Bertz CT molecular complexity index is 571. The molecule has 0 amide bonds. The summed E-state index contributed by atoms with van der Waals surface area (Å²) in [5.41, 5.74) is 5.95. The summed E-state index contributed by atoms with van der Waals surface area (Å²) in [5, 5.41) is 3.31. The van der Waals surface area contributed by atoms with E-state index in [1.165, 1.54) is 16.7 Å². The highest BCUT2D eigenvalue weighted by Gasteiger charge is 2.06. The second kappa shape index (κ2) is 6.51. The summed E-state index contributed by atoms with van der Waals surface area (Å²) in [6.07, 6.45) is 5.04. The van der Waals surface area contributed by atoms with Crippen LogP contribution in [-0.2, 0) is 12.8 Å². The lowest BCUT2D eigenvalue weighted by Crippen LogP contribution is -2.04. The third kappa shape index (κ3) is 3.56. The minimum absolute atomic E-state index is 0.690. The molecule has 20 heavy (non-hydrogen) atoms. The average molecular weight is 269 g/mol. The Kier molecular flexibility index (Phi) is 4.72. The molecule has 0 fully saturated rings. The number of aryl methyl sites for hydroxylation is 4. The van der Waals surface area contributed by atoms with E-state index in [4.69, 9.17) is 0 Å². The highest BCUT2D eigenvalue weighted by Crippen LogP contribution is 2.18. The molecular weight excluding hydrogens is 246 g/mol. The number of nitrogens with one attached hydrogen (secondary N) is 1. The topological polar surface area (TPSA) is 37.8 Å². The Hall–Kier alpha value is -1.90. The number of hydrogen-bond acceptors (Lipinski definition) is 3. The van der Waals surface area contributed by atoms with Gasteiger partial charge in [-0.2, -0.15) is 0 Å². The molecule has 1 N–H and O–H groups in total. The lowest BCUT2D eigenvalue weighted by Gasteiger charge is -2.10. The summed E-state index contributed by atoms with van der Waals surface area (Å²) in [7, 11) is 0. The van der Waals surface area contributed by atoms with E-state index in [0.717, 1.165) is 30.6 Å². The molecule has 1 aromatic heterocycles.